The Morgan fingerprint density at radius 2 is 2.21 bits per heavy atom. The molecule has 0 aliphatic carbocycles. The fraction of sp³-hybridized carbons (Fsp3) is 0.474. The van der Waals surface area contributed by atoms with E-state index in [1.807, 2.05) is 0 Å². The highest BCUT2D eigenvalue weighted by Gasteiger charge is 2.24. The molecule has 0 fully saturated rings. The van der Waals surface area contributed by atoms with Crippen molar-refractivity contribution in [3.05, 3.63) is 30.0 Å². The summed E-state index contributed by atoms with van der Waals surface area (Å²) in [5, 5.41) is 11.7. The molecule has 1 aliphatic rings. The average Bonchev–Trinajstić information content (AvgIpc) is 3.18. The van der Waals surface area contributed by atoms with E-state index in [0.717, 1.165) is 30.5 Å². The van der Waals surface area contributed by atoms with E-state index in [9.17, 15) is 9.59 Å². The summed E-state index contributed by atoms with van der Waals surface area (Å²) < 4.78 is 10.2. The standard InChI is InChI=1S/C19H29N5O4/c1-3-4-5-8-28-11-15(20)18-21-10-17(24-18)14-7-6-13(23-19(26)27-2)9-16(14)22-12-25/h6-7,9-10,12,15,18,21,24H,3-5,8,11,20H2,1-2H3,(H,22,25)(H,23,26). The molecule has 2 rings (SSSR count). The van der Waals surface area contributed by atoms with Gasteiger partial charge in [0.1, 0.15) is 6.17 Å². The molecule has 0 spiro atoms. The zero-order valence-electron chi connectivity index (χ0n) is 16.3. The van der Waals surface area contributed by atoms with Gasteiger partial charge in [-0.3, -0.25) is 10.1 Å². The van der Waals surface area contributed by atoms with E-state index < -0.39 is 6.09 Å². The quantitative estimate of drug-likeness (QED) is 0.287. The number of carbonyl (C=O) groups is 2. The number of hydrogen-bond acceptors (Lipinski definition) is 7. The van der Waals surface area contributed by atoms with Crippen LogP contribution in [0, 0.1) is 0 Å². The summed E-state index contributed by atoms with van der Waals surface area (Å²) in [5.41, 5.74) is 8.78. The van der Waals surface area contributed by atoms with Crippen LogP contribution < -0.4 is 27.0 Å². The summed E-state index contributed by atoms with van der Waals surface area (Å²) in [6.45, 7) is 3.30. The Bertz CT molecular complexity index is 695. The van der Waals surface area contributed by atoms with Crippen molar-refractivity contribution >= 4 is 29.6 Å². The molecule has 1 aliphatic heterocycles. The third-order valence-electron chi connectivity index (χ3n) is 4.30. The zero-order chi connectivity index (χ0) is 20.4. The maximum Gasteiger partial charge on any atom is 0.411 e. The third-order valence-corrected chi connectivity index (χ3v) is 4.30. The van der Waals surface area contributed by atoms with Gasteiger partial charge in [0.2, 0.25) is 6.41 Å². The average molecular weight is 391 g/mol. The fourth-order valence-electron chi connectivity index (χ4n) is 2.79. The van der Waals surface area contributed by atoms with Crippen molar-refractivity contribution in [1.29, 1.82) is 0 Å². The Kier molecular flexibility index (Phi) is 8.57. The van der Waals surface area contributed by atoms with E-state index in [0.29, 0.717) is 31.0 Å². The highest BCUT2D eigenvalue weighted by atomic mass is 16.5. The molecule has 2 unspecified atom stereocenters. The summed E-state index contributed by atoms with van der Waals surface area (Å²) in [5.74, 6) is 0. The van der Waals surface area contributed by atoms with Gasteiger partial charge < -0.3 is 31.2 Å². The van der Waals surface area contributed by atoms with E-state index >= 15 is 0 Å². The lowest BCUT2D eigenvalue weighted by Crippen LogP contribution is -2.50. The number of unbranched alkanes of at least 4 members (excludes halogenated alkanes) is 2. The molecule has 1 aromatic rings. The van der Waals surface area contributed by atoms with E-state index in [2.05, 4.69) is 32.9 Å². The Morgan fingerprint density at radius 3 is 2.93 bits per heavy atom. The first-order valence-corrected chi connectivity index (χ1v) is 9.34. The van der Waals surface area contributed by atoms with E-state index in [1.54, 1.807) is 24.4 Å². The summed E-state index contributed by atoms with van der Waals surface area (Å²) in [6.07, 6.45) is 4.95. The number of rotatable bonds is 11. The molecule has 0 bridgehead atoms. The Balaban J connectivity index is 1.97. The van der Waals surface area contributed by atoms with Crippen LogP contribution >= 0.6 is 0 Å². The number of anilines is 2. The number of hydrogen-bond donors (Lipinski definition) is 5. The van der Waals surface area contributed by atoms with E-state index in [-0.39, 0.29) is 12.2 Å². The van der Waals surface area contributed by atoms with Crippen molar-refractivity contribution in [2.24, 2.45) is 5.73 Å². The number of methoxy groups -OCH3 is 1. The molecular weight excluding hydrogens is 362 g/mol. The SMILES string of the molecule is CCCCCOCC(N)C1NC=C(c2ccc(NC(=O)OC)cc2NC=O)N1. The lowest BCUT2D eigenvalue weighted by molar-refractivity contribution is -0.105. The minimum absolute atomic E-state index is 0.182. The topological polar surface area (TPSA) is 127 Å². The van der Waals surface area contributed by atoms with Gasteiger partial charge in [0.15, 0.2) is 0 Å². The molecule has 0 saturated heterocycles. The van der Waals surface area contributed by atoms with Crippen LogP contribution in [0.4, 0.5) is 16.2 Å². The van der Waals surface area contributed by atoms with Gasteiger partial charge in [-0.1, -0.05) is 19.8 Å². The monoisotopic (exact) mass is 391 g/mol. The lowest BCUT2D eigenvalue weighted by atomic mass is 10.1. The molecule has 28 heavy (non-hydrogen) atoms. The molecule has 0 aromatic heterocycles. The molecule has 6 N–H and O–H groups in total. The van der Waals surface area contributed by atoms with Crippen molar-refractivity contribution in [2.45, 2.75) is 38.4 Å². The van der Waals surface area contributed by atoms with Crippen LogP contribution in [0.1, 0.15) is 31.7 Å². The molecule has 2 atom stereocenters. The molecule has 1 heterocycles. The Morgan fingerprint density at radius 1 is 1.39 bits per heavy atom. The Labute approximate surface area is 165 Å². The van der Waals surface area contributed by atoms with Crippen molar-refractivity contribution in [1.82, 2.24) is 10.6 Å². The van der Waals surface area contributed by atoms with Crippen LogP contribution in [-0.4, -0.2) is 45.0 Å². The number of amides is 2. The van der Waals surface area contributed by atoms with Crippen molar-refractivity contribution in [3.8, 4) is 0 Å². The first-order valence-electron chi connectivity index (χ1n) is 9.34. The smallest absolute Gasteiger partial charge is 0.411 e. The number of ether oxygens (including phenoxy) is 2. The summed E-state index contributed by atoms with van der Waals surface area (Å²) >= 11 is 0. The molecule has 9 nitrogen and oxygen atoms in total. The molecule has 2 amide bonds. The van der Waals surface area contributed by atoms with Crippen LogP contribution in [0.3, 0.4) is 0 Å². The van der Waals surface area contributed by atoms with Gasteiger partial charge in [0.25, 0.3) is 0 Å². The zero-order valence-corrected chi connectivity index (χ0v) is 16.3. The number of nitrogens with two attached hydrogens (primary N) is 1. The summed E-state index contributed by atoms with van der Waals surface area (Å²) in [6, 6.07) is 4.91. The second kappa shape index (κ2) is 11.2. The minimum Gasteiger partial charge on any atom is -0.453 e. The van der Waals surface area contributed by atoms with Crippen LogP contribution in [0.2, 0.25) is 0 Å². The third kappa shape index (κ3) is 6.14. The first-order chi connectivity index (χ1) is 13.6. The normalized spacial score (nSPS) is 16.4. The predicted octanol–water partition coefficient (Wildman–Crippen LogP) is 1.78. The van der Waals surface area contributed by atoms with Crippen molar-refractivity contribution < 1.29 is 19.1 Å². The van der Waals surface area contributed by atoms with Gasteiger partial charge in [0.05, 0.1) is 31.1 Å². The second-order valence-corrected chi connectivity index (χ2v) is 6.43. The van der Waals surface area contributed by atoms with Gasteiger partial charge >= 0.3 is 6.09 Å². The van der Waals surface area contributed by atoms with Crippen LogP contribution in [-0.2, 0) is 14.3 Å². The molecule has 0 saturated carbocycles. The van der Waals surface area contributed by atoms with Gasteiger partial charge in [-0.05, 0) is 24.6 Å². The van der Waals surface area contributed by atoms with Crippen molar-refractivity contribution in [3.63, 3.8) is 0 Å². The molecule has 154 valence electrons. The van der Waals surface area contributed by atoms with Gasteiger partial charge in [-0.25, -0.2) is 4.79 Å². The Hall–Kier alpha value is -2.78. The maximum atomic E-state index is 11.4. The molecule has 0 radical (unpaired) electrons. The minimum atomic E-state index is -0.588. The fourth-order valence-corrected chi connectivity index (χ4v) is 2.79. The van der Waals surface area contributed by atoms with Gasteiger partial charge in [0, 0.05) is 24.1 Å². The van der Waals surface area contributed by atoms with E-state index in [4.69, 9.17) is 10.5 Å². The lowest BCUT2D eigenvalue weighted by Gasteiger charge is -2.22. The summed E-state index contributed by atoms with van der Waals surface area (Å²) in [7, 11) is 1.28. The number of nitrogens with one attached hydrogen (secondary N) is 4. The van der Waals surface area contributed by atoms with Gasteiger partial charge in [-0.2, -0.15) is 0 Å². The molecule has 9 heteroatoms. The second-order valence-electron chi connectivity index (χ2n) is 6.43. The van der Waals surface area contributed by atoms with Crippen LogP contribution in [0.5, 0.6) is 0 Å². The number of benzene rings is 1. The molecule has 1 aromatic carbocycles. The predicted molar refractivity (Wildman–Crippen MR) is 109 cm³/mol. The highest BCUT2D eigenvalue weighted by Crippen LogP contribution is 2.27. The largest absolute Gasteiger partial charge is 0.453 e. The molecular formula is C19H29N5O4. The summed E-state index contributed by atoms with van der Waals surface area (Å²) in [4.78, 5) is 22.4. The van der Waals surface area contributed by atoms with Gasteiger partial charge in [-0.15, -0.1) is 0 Å². The maximum absolute atomic E-state index is 11.4. The van der Waals surface area contributed by atoms with E-state index in [1.165, 1.54) is 7.11 Å². The highest BCUT2D eigenvalue weighted by molar-refractivity contribution is 5.89. The van der Waals surface area contributed by atoms with Crippen LogP contribution in [0.25, 0.3) is 5.70 Å². The van der Waals surface area contributed by atoms with Crippen LogP contribution in [0.15, 0.2) is 24.4 Å². The first kappa shape index (κ1) is 21.5. The van der Waals surface area contributed by atoms with Crippen molar-refractivity contribution in [2.75, 3.05) is 31.0 Å². The number of carbonyl (C=O) groups excluding carboxylic acids is 2.